The number of aromatic nitrogens is 2. The molecule has 0 amide bonds. The van der Waals surface area contributed by atoms with Crippen molar-refractivity contribution in [2.75, 3.05) is 29.1 Å². The van der Waals surface area contributed by atoms with Crippen LogP contribution < -0.4 is 20.7 Å². The molecular weight excluding hydrogens is 482 g/mol. The third-order valence-corrected chi connectivity index (χ3v) is 7.51. The first-order valence-electron chi connectivity index (χ1n) is 9.75. The van der Waals surface area contributed by atoms with E-state index in [1.54, 1.807) is 44.3 Å². The van der Waals surface area contributed by atoms with Gasteiger partial charge in [0.15, 0.2) is 9.84 Å². The van der Waals surface area contributed by atoms with E-state index >= 15 is 0 Å². The van der Waals surface area contributed by atoms with Crippen molar-refractivity contribution >= 4 is 54.6 Å². The topological polar surface area (TPSA) is 105 Å². The molecule has 0 saturated carbocycles. The molecule has 8 nitrogen and oxygen atoms in total. The van der Waals surface area contributed by atoms with E-state index in [1.807, 2.05) is 18.2 Å². The molecule has 0 unspecified atom stereocenters. The summed E-state index contributed by atoms with van der Waals surface area (Å²) in [5.74, 6) is 1.62. The highest BCUT2D eigenvalue weighted by Crippen LogP contribution is 2.33. The van der Waals surface area contributed by atoms with E-state index < -0.39 is 15.1 Å². The van der Waals surface area contributed by atoms with Gasteiger partial charge in [-0.2, -0.15) is 4.98 Å². The van der Waals surface area contributed by atoms with Crippen LogP contribution in [0.25, 0.3) is 0 Å². The maximum absolute atomic E-state index is 12.7. The fourth-order valence-corrected chi connectivity index (χ4v) is 4.55. The predicted octanol–water partition coefficient (Wildman–Crippen LogP) is 4.71. The summed E-state index contributed by atoms with van der Waals surface area (Å²) in [5, 5.41) is 9.05. The summed E-state index contributed by atoms with van der Waals surface area (Å²) < 4.78 is 31.7. The molecule has 0 fully saturated rings. The van der Waals surface area contributed by atoms with Gasteiger partial charge in [0.05, 0.1) is 26.0 Å². The van der Waals surface area contributed by atoms with Crippen LogP contribution >= 0.6 is 15.9 Å². The van der Waals surface area contributed by atoms with Gasteiger partial charge in [0.1, 0.15) is 18.2 Å². The Morgan fingerprint density at radius 1 is 1.16 bits per heavy atom. The number of fused-ring (bicyclic) bond motifs is 1. The quantitative estimate of drug-likeness (QED) is 0.443. The Hall–Kier alpha value is -2.85. The Labute approximate surface area is 189 Å². The van der Waals surface area contributed by atoms with Crippen LogP contribution in [-0.2, 0) is 9.84 Å². The van der Waals surface area contributed by atoms with Crippen LogP contribution in [0.3, 0.4) is 0 Å². The zero-order valence-corrected chi connectivity index (χ0v) is 19.4. The summed E-state index contributed by atoms with van der Waals surface area (Å²) >= 11 is 3.44. The monoisotopic (exact) mass is 503 g/mol. The van der Waals surface area contributed by atoms with Gasteiger partial charge in [0, 0.05) is 18.4 Å². The summed E-state index contributed by atoms with van der Waals surface area (Å²) in [7, 11) is -3.46. The van der Waals surface area contributed by atoms with E-state index in [0.29, 0.717) is 28.5 Å². The third kappa shape index (κ3) is 4.59. The second-order valence-corrected chi connectivity index (χ2v) is 10.5. The van der Waals surface area contributed by atoms with E-state index in [1.165, 1.54) is 0 Å². The molecule has 1 aliphatic heterocycles. The molecule has 0 atom stereocenters. The van der Waals surface area contributed by atoms with Crippen molar-refractivity contribution in [1.29, 1.82) is 0 Å². The largest absolute Gasteiger partial charge is 0.490 e. The van der Waals surface area contributed by atoms with E-state index in [9.17, 15) is 8.42 Å². The average molecular weight is 504 g/mol. The molecule has 0 spiro atoms. The Morgan fingerprint density at radius 3 is 2.77 bits per heavy atom. The van der Waals surface area contributed by atoms with E-state index in [4.69, 9.17) is 4.74 Å². The Balaban J connectivity index is 1.61. The highest BCUT2D eigenvalue weighted by Gasteiger charge is 2.23. The molecular formula is C21H22BrN5O3S. The van der Waals surface area contributed by atoms with Crippen molar-refractivity contribution < 1.29 is 13.2 Å². The number of para-hydroxylation sites is 1. The Kier molecular flexibility index (Phi) is 6.01. The zero-order chi connectivity index (χ0) is 22.0. The molecule has 31 heavy (non-hydrogen) atoms. The molecule has 0 saturated heterocycles. The van der Waals surface area contributed by atoms with Crippen molar-refractivity contribution in [3.63, 3.8) is 0 Å². The summed E-state index contributed by atoms with van der Waals surface area (Å²) in [5.41, 5.74) is 2.16. The lowest BCUT2D eigenvalue weighted by atomic mass is 10.2. The van der Waals surface area contributed by atoms with Crippen LogP contribution in [0, 0.1) is 0 Å². The van der Waals surface area contributed by atoms with Crippen LogP contribution in [0.1, 0.15) is 13.8 Å². The zero-order valence-electron chi connectivity index (χ0n) is 17.0. The number of anilines is 5. The number of rotatable bonds is 6. The summed E-state index contributed by atoms with van der Waals surface area (Å²) in [6.45, 7) is 4.71. The minimum atomic E-state index is -3.46. The highest BCUT2D eigenvalue weighted by atomic mass is 79.9. The number of benzene rings is 2. The van der Waals surface area contributed by atoms with Crippen molar-refractivity contribution in [2.45, 2.75) is 24.0 Å². The minimum absolute atomic E-state index is 0.228. The van der Waals surface area contributed by atoms with Crippen LogP contribution in [-0.4, -0.2) is 36.8 Å². The van der Waals surface area contributed by atoms with Crippen molar-refractivity contribution in [1.82, 2.24) is 9.97 Å². The van der Waals surface area contributed by atoms with Crippen molar-refractivity contribution in [2.24, 2.45) is 0 Å². The van der Waals surface area contributed by atoms with Crippen molar-refractivity contribution in [3.8, 4) is 5.75 Å². The number of nitrogens with one attached hydrogen (secondary N) is 3. The minimum Gasteiger partial charge on any atom is -0.490 e. The van der Waals surface area contributed by atoms with Crippen LogP contribution in [0.2, 0.25) is 0 Å². The lowest BCUT2D eigenvalue weighted by Crippen LogP contribution is -2.18. The van der Waals surface area contributed by atoms with Gasteiger partial charge in [-0.1, -0.05) is 12.1 Å². The number of halogens is 1. The number of hydrogen-bond donors (Lipinski definition) is 3. The molecule has 0 radical (unpaired) electrons. The van der Waals surface area contributed by atoms with Crippen LogP contribution in [0.15, 0.2) is 58.0 Å². The molecule has 10 heteroatoms. The van der Waals surface area contributed by atoms with Gasteiger partial charge in [-0.05, 0) is 60.1 Å². The number of ether oxygens (including phenoxy) is 1. The Bertz CT molecular complexity index is 1220. The van der Waals surface area contributed by atoms with Gasteiger partial charge in [-0.15, -0.1) is 0 Å². The standard InChI is InChI=1S/C21H22BrN5O3S/c1-13(2)31(28,29)19-6-4-3-5-16(19)26-20-15(22)12-24-21(27-20)25-14-7-8-18-17(11-14)23-9-10-30-18/h3-8,11-13,23H,9-10H2,1-2H3,(H2,24,25,26,27). The van der Waals surface area contributed by atoms with Gasteiger partial charge in [0.2, 0.25) is 5.95 Å². The smallest absolute Gasteiger partial charge is 0.229 e. The van der Waals surface area contributed by atoms with Gasteiger partial charge in [-0.25, -0.2) is 13.4 Å². The first-order valence-corrected chi connectivity index (χ1v) is 12.1. The van der Waals surface area contributed by atoms with Crippen molar-refractivity contribution in [3.05, 3.63) is 53.1 Å². The fraction of sp³-hybridized carbons (Fsp3) is 0.238. The number of nitrogens with zero attached hydrogens (tertiary/aromatic N) is 2. The highest BCUT2D eigenvalue weighted by molar-refractivity contribution is 9.10. The Morgan fingerprint density at radius 2 is 1.97 bits per heavy atom. The second-order valence-electron chi connectivity index (χ2n) is 7.22. The molecule has 2 heterocycles. The molecule has 2 aromatic carbocycles. The number of hydrogen-bond acceptors (Lipinski definition) is 8. The summed E-state index contributed by atoms with van der Waals surface area (Å²) in [6, 6.07) is 12.5. The SMILES string of the molecule is CC(C)S(=O)(=O)c1ccccc1Nc1nc(Nc2ccc3c(c2)NCCO3)ncc1Br. The second kappa shape index (κ2) is 8.72. The van der Waals surface area contributed by atoms with Crippen LogP contribution in [0.4, 0.5) is 28.8 Å². The molecule has 3 N–H and O–H groups in total. The first-order chi connectivity index (χ1) is 14.8. The summed E-state index contributed by atoms with van der Waals surface area (Å²) in [4.78, 5) is 9.05. The normalized spacial score (nSPS) is 13.2. The van der Waals surface area contributed by atoms with Crippen LogP contribution in [0.5, 0.6) is 5.75 Å². The lowest BCUT2D eigenvalue weighted by Gasteiger charge is -2.20. The molecule has 162 valence electrons. The molecule has 3 aromatic rings. The van der Waals surface area contributed by atoms with Gasteiger partial charge < -0.3 is 20.7 Å². The molecule has 0 bridgehead atoms. The maximum atomic E-state index is 12.7. The first kappa shape index (κ1) is 21.4. The van der Waals surface area contributed by atoms with E-state index in [2.05, 4.69) is 41.8 Å². The average Bonchev–Trinajstić information content (AvgIpc) is 2.76. The fourth-order valence-electron chi connectivity index (χ4n) is 3.06. The molecule has 1 aromatic heterocycles. The predicted molar refractivity (Wildman–Crippen MR) is 125 cm³/mol. The lowest BCUT2D eigenvalue weighted by molar-refractivity contribution is 0.323. The summed E-state index contributed by atoms with van der Waals surface area (Å²) in [6.07, 6.45) is 1.61. The van der Waals surface area contributed by atoms with Gasteiger partial charge >= 0.3 is 0 Å². The molecule has 4 rings (SSSR count). The molecule has 1 aliphatic rings. The third-order valence-electron chi connectivity index (χ3n) is 4.72. The van der Waals surface area contributed by atoms with E-state index in [0.717, 1.165) is 23.7 Å². The molecule has 0 aliphatic carbocycles. The van der Waals surface area contributed by atoms with Gasteiger partial charge in [0.25, 0.3) is 0 Å². The van der Waals surface area contributed by atoms with E-state index in [-0.39, 0.29) is 4.90 Å². The maximum Gasteiger partial charge on any atom is 0.229 e. The van der Waals surface area contributed by atoms with Gasteiger partial charge in [-0.3, -0.25) is 0 Å². The number of sulfone groups is 1.